The summed E-state index contributed by atoms with van der Waals surface area (Å²) in [6.45, 7) is 5.64. The zero-order chi connectivity index (χ0) is 16.7. The summed E-state index contributed by atoms with van der Waals surface area (Å²) in [4.78, 5) is 12.5. The number of hydrogen-bond acceptors (Lipinski definition) is 3. The van der Waals surface area contributed by atoms with Gasteiger partial charge in [0.1, 0.15) is 12.4 Å². The predicted octanol–water partition coefficient (Wildman–Crippen LogP) is 1.32. The number of carbonyl (C=O) groups excluding carboxylic acids is 1. The van der Waals surface area contributed by atoms with Crippen molar-refractivity contribution in [3.8, 4) is 5.75 Å². The van der Waals surface area contributed by atoms with Gasteiger partial charge in [-0.25, -0.2) is 0 Å². The minimum Gasteiger partial charge on any atom is -1.00 e. The maximum absolute atomic E-state index is 12.5. The molecule has 0 amide bonds. The van der Waals surface area contributed by atoms with Gasteiger partial charge in [-0.15, -0.1) is 0 Å². The third-order valence-corrected chi connectivity index (χ3v) is 4.68. The van der Waals surface area contributed by atoms with Crippen molar-refractivity contribution in [2.45, 2.75) is 13.8 Å². The van der Waals surface area contributed by atoms with Crippen molar-refractivity contribution in [3.05, 3.63) is 58.6 Å². The van der Waals surface area contributed by atoms with E-state index in [2.05, 4.69) is 0 Å². The van der Waals surface area contributed by atoms with Crippen LogP contribution in [0, 0.1) is 6.92 Å². The second-order valence-corrected chi connectivity index (χ2v) is 6.64. The Bertz CT molecular complexity index is 648. The fourth-order valence-electron chi connectivity index (χ4n) is 2.11. The molecule has 0 aliphatic heterocycles. The van der Waals surface area contributed by atoms with Crippen LogP contribution >= 0.6 is 20.2 Å². The Labute approximate surface area is 163 Å². The van der Waals surface area contributed by atoms with Gasteiger partial charge in [-0.05, 0) is 51.5 Å². The summed E-state index contributed by atoms with van der Waals surface area (Å²) in [6, 6.07) is 13.1. The number of aryl methyl sites for hydroxylation is 1. The van der Waals surface area contributed by atoms with Gasteiger partial charge in [-0.1, -0.05) is 35.9 Å². The van der Waals surface area contributed by atoms with Gasteiger partial charge in [-0.2, -0.15) is 0 Å². The molecule has 0 bridgehead atoms. The fraction of sp³-hybridized carbons (Fsp3) is 0.278. The van der Waals surface area contributed by atoms with Crippen LogP contribution < -0.4 is 28.9 Å². The molecule has 0 saturated heterocycles. The van der Waals surface area contributed by atoms with Gasteiger partial charge < -0.3 is 10.9 Å². The Kier molecular flexibility index (Phi) is 9.67. The first kappa shape index (κ1) is 21.2. The van der Waals surface area contributed by atoms with Crippen LogP contribution in [0.15, 0.2) is 42.5 Å². The number of benzene rings is 2. The molecular weight excluding hydrogens is 338 g/mol. The Morgan fingerprint density at radius 2 is 1.88 bits per heavy atom. The first-order valence-electron chi connectivity index (χ1n) is 7.49. The van der Waals surface area contributed by atoms with Gasteiger partial charge in [0.05, 0.1) is 11.6 Å². The standard InChI is InChI=1S/C18H20ClO3P.Li.H/c1-3-21-11-12-22-14-7-9-15(10-8-14)23-18(20)17-13(2)5-4-6-16(17)19;;/h4-10,23H,3,11-12H2,1-2H3;;/q;+1;-1. The van der Waals surface area contributed by atoms with Crippen LogP contribution in [0.4, 0.5) is 0 Å². The van der Waals surface area contributed by atoms with Crippen LogP contribution in [-0.4, -0.2) is 25.3 Å². The molecule has 0 spiro atoms. The molecule has 0 aromatic heterocycles. The van der Waals surface area contributed by atoms with E-state index >= 15 is 0 Å². The second-order valence-electron chi connectivity index (χ2n) is 4.96. The average molecular weight is 359 g/mol. The minimum absolute atomic E-state index is 0. The molecule has 0 heterocycles. The van der Waals surface area contributed by atoms with Crippen molar-refractivity contribution >= 4 is 31.0 Å². The number of hydrogen-bond donors (Lipinski definition) is 0. The normalized spacial score (nSPS) is 10.6. The summed E-state index contributed by atoms with van der Waals surface area (Å²) in [7, 11) is 0.0436. The second kappa shape index (κ2) is 10.9. The molecule has 24 heavy (non-hydrogen) atoms. The molecule has 1 unspecified atom stereocenters. The maximum atomic E-state index is 12.5. The van der Waals surface area contributed by atoms with Gasteiger partial charge in [0.25, 0.3) is 0 Å². The molecule has 1 atom stereocenters. The molecule has 0 aliphatic rings. The Balaban J connectivity index is 0.00000288. The number of carbonyl (C=O) groups is 1. The van der Waals surface area contributed by atoms with E-state index in [1.54, 1.807) is 6.07 Å². The van der Waals surface area contributed by atoms with E-state index in [1.807, 2.05) is 50.2 Å². The summed E-state index contributed by atoms with van der Waals surface area (Å²) in [5.41, 5.74) is 1.58. The third-order valence-electron chi connectivity index (χ3n) is 3.26. The van der Waals surface area contributed by atoms with Crippen molar-refractivity contribution in [2.24, 2.45) is 0 Å². The quantitative estimate of drug-likeness (QED) is 0.406. The molecule has 2 aromatic carbocycles. The van der Waals surface area contributed by atoms with Gasteiger partial charge in [0, 0.05) is 12.2 Å². The van der Waals surface area contributed by atoms with E-state index < -0.39 is 0 Å². The molecule has 0 aliphatic carbocycles. The van der Waals surface area contributed by atoms with E-state index in [1.165, 1.54) is 0 Å². The predicted molar refractivity (Wildman–Crippen MR) is 98.0 cm³/mol. The summed E-state index contributed by atoms with van der Waals surface area (Å²) >= 11 is 6.15. The number of ether oxygens (including phenoxy) is 2. The number of rotatable bonds is 8. The Morgan fingerprint density at radius 3 is 2.50 bits per heavy atom. The summed E-state index contributed by atoms with van der Waals surface area (Å²) in [5.74, 6) is 0.777. The van der Waals surface area contributed by atoms with Gasteiger partial charge >= 0.3 is 18.9 Å². The summed E-state index contributed by atoms with van der Waals surface area (Å²) < 4.78 is 10.8. The molecule has 0 fully saturated rings. The fourth-order valence-corrected chi connectivity index (χ4v) is 3.55. The van der Waals surface area contributed by atoms with Crippen LogP contribution in [0.5, 0.6) is 5.75 Å². The molecule has 0 radical (unpaired) electrons. The van der Waals surface area contributed by atoms with E-state index in [0.29, 0.717) is 30.4 Å². The SMILES string of the molecule is CCOCCOc1ccc(PC(=O)c2c(C)cccc2Cl)cc1.[H-].[Li+]. The van der Waals surface area contributed by atoms with Crippen LogP contribution in [0.1, 0.15) is 24.3 Å². The zero-order valence-electron chi connectivity index (χ0n) is 15.3. The molecule has 124 valence electrons. The molecule has 3 nitrogen and oxygen atoms in total. The van der Waals surface area contributed by atoms with Gasteiger partial charge in [0.15, 0.2) is 5.52 Å². The molecule has 6 heteroatoms. The maximum Gasteiger partial charge on any atom is 1.00 e. The van der Waals surface area contributed by atoms with E-state index in [9.17, 15) is 4.79 Å². The third kappa shape index (κ3) is 6.24. The smallest absolute Gasteiger partial charge is 1.00 e. The van der Waals surface area contributed by atoms with Crippen molar-refractivity contribution in [2.75, 3.05) is 19.8 Å². The van der Waals surface area contributed by atoms with Crippen LogP contribution in [-0.2, 0) is 4.74 Å². The monoisotopic (exact) mass is 358 g/mol. The van der Waals surface area contributed by atoms with E-state index in [-0.39, 0.29) is 34.4 Å². The topological polar surface area (TPSA) is 35.5 Å². The first-order valence-corrected chi connectivity index (χ1v) is 8.86. The van der Waals surface area contributed by atoms with Gasteiger partial charge in [0.2, 0.25) is 0 Å². The minimum atomic E-state index is 0. The van der Waals surface area contributed by atoms with Crippen molar-refractivity contribution in [1.82, 2.24) is 0 Å². The van der Waals surface area contributed by atoms with Gasteiger partial charge in [-0.3, -0.25) is 4.79 Å². The average Bonchev–Trinajstić information content (AvgIpc) is 2.53. The van der Waals surface area contributed by atoms with Crippen molar-refractivity contribution in [1.29, 1.82) is 0 Å². The van der Waals surface area contributed by atoms with Crippen LogP contribution in [0.2, 0.25) is 5.02 Å². The zero-order valence-corrected chi connectivity index (χ0v) is 16.0. The van der Waals surface area contributed by atoms with Crippen LogP contribution in [0.3, 0.4) is 0 Å². The first-order chi connectivity index (χ1) is 11.1. The molecule has 2 rings (SSSR count). The van der Waals surface area contributed by atoms with Crippen molar-refractivity contribution < 1.29 is 34.6 Å². The largest absolute Gasteiger partial charge is 1.00 e. The molecule has 0 N–H and O–H groups in total. The summed E-state index contributed by atoms with van der Waals surface area (Å²) in [5, 5.41) is 1.48. The van der Waals surface area contributed by atoms with E-state index in [4.69, 9.17) is 21.1 Å². The molecule has 2 aromatic rings. The Morgan fingerprint density at radius 1 is 1.17 bits per heavy atom. The van der Waals surface area contributed by atoms with Crippen molar-refractivity contribution in [3.63, 3.8) is 0 Å². The summed E-state index contributed by atoms with van der Waals surface area (Å²) in [6.07, 6.45) is 0. The molecular formula is C18H21ClLiO3P. The Hall–Kier alpha value is -0.813. The van der Waals surface area contributed by atoms with E-state index in [0.717, 1.165) is 16.6 Å². The number of halogens is 1. The molecule has 0 saturated carbocycles. The van der Waals surface area contributed by atoms with Crippen LogP contribution in [0.25, 0.3) is 0 Å².